The molecule has 0 aliphatic carbocycles. The maximum absolute atomic E-state index is 14.0. The van der Waals surface area contributed by atoms with Crippen LogP contribution in [0.5, 0.6) is 5.75 Å². The molecule has 0 aliphatic rings. The molecular weight excluding hydrogens is 375 g/mol. The Hall–Kier alpha value is -3.47. The van der Waals surface area contributed by atoms with Crippen LogP contribution in [0.4, 0.5) is 4.39 Å². The minimum atomic E-state index is -0.846. The molecule has 3 heterocycles. The molecule has 11 heteroatoms. The number of halogens is 1. The first kappa shape index (κ1) is 17.0. The van der Waals surface area contributed by atoms with Crippen LogP contribution in [0.15, 0.2) is 46.4 Å². The molecule has 0 amide bonds. The summed E-state index contributed by atoms with van der Waals surface area (Å²) in [7, 11) is 1.37. The van der Waals surface area contributed by atoms with E-state index in [1.807, 2.05) is 0 Å². The summed E-state index contributed by atoms with van der Waals surface area (Å²) in [5.41, 5.74) is 1.30. The molecule has 1 aromatic carbocycles. The first-order chi connectivity index (χ1) is 13.2. The van der Waals surface area contributed by atoms with Crippen LogP contribution in [-0.4, -0.2) is 38.1 Å². The van der Waals surface area contributed by atoms with Gasteiger partial charge in [-0.15, -0.1) is 15.3 Å². The van der Waals surface area contributed by atoms with Crippen molar-refractivity contribution in [3.8, 4) is 5.75 Å². The first-order valence-electron chi connectivity index (χ1n) is 7.61. The Morgan fingerprint density at radius 2 is 2.22 bits per heavy atom. The summed E-state index contributed by atoms with van der Waals surface area (Å²) in [5.74, 6) is 0.141. The summed E-state index contributed by atoms with van der Waals surface area (Å²) in [6.07, 6.45) is 2.63. The second-order valence-electron chi connectivity index (χ2n) is 5.23. The van der Waals surface area contributed by atoms with Crippen LogP contribution in [0, 0.1) is 5.82 Å². The molecule has 0 aliphatic heterocycles. The van der Waals surface area contributed by atoms with Gasteiger partial charge in [0.1, 0.15) is 24.2 Å². The van der Waals surface area contributed by atoms with Gasteiger partial charge in [0.15, 0.2) is 0 Å². The number of benzene rings is 1. The van der Waals surface area contributed by atoms with Gasteiger partial charge >= 0.3 is 0 Å². The molecule has 4 aromatic rings. The molecule has 136 valence electrons. The van der Waals surface area contributed by atoms with Crippen molar-refractivity contribution in [1.29, 1.82) is 0 Å². The fraction of sp³-hybridized carbons (Fsp3) is 0.125. The van der Waals surface area contributed by atoms with Crippen LogP contribution in [0.2, 0.25) is 0 Å². The Balaban J connectivity index is 1.72. The van der Waals surface area contributed by atoms with Gasteiger partial charge in [-0.2, -0.15) is 0 Å². The molecule has 0 bridgehead atoms. The van der Waals surface area contributed by atoms with E-state index in [0.717, 1.165) is 16.4 Å². The SMILES string of the molecule is CO/N=C/c1cc(C(Oc2ccc3nnsc3c2)c2nnco2)ncc1F. The summed E-state index contributed by atoms with van der Waals surface area (Å²) >= 11 is 1.25. The predicted molar refractivity (Wildman–Crippen MR) is 93.0 cm³/mol. The lowest BCUT2D eigenvalue weighted by Gasteiger charge is -2.16. The van der Waals surface area contributed by atoms with E-state index in [-0.39, 0.29) is 11.5 Å². The number of aromatic nitrogens is 5. The second kappa shape index (κ2) is 7.41. The van der Waals surface area contributed by atoms with Gasteiger partial charge in [0.2, 0.25) is 12.5 Å². The van der Waals surface area contributed by atoms with E-state index in [9.17, 15) is 4.39 Å². The zero-order valence-electron chi connectivity index (χ0n) is 13.8. The third-order valence-corrected chi connectivity index (χ3v) is 4.23. The van der Waals surface area contributed by atoms with Crippen molar-refractivity contribution in [3.63, 3.8) is 0 Å². The van der Waals surface area contributed by atoms with E-state index in [1.54, 1.807) is 18.2 Å². The van der Waals surface area contributed by atoms with E-state index in [1.165, 1.54) is 37.3 Å². The van der Waals surface area contributed by atoms with Gasteiger partial charge in [0.05, 0.1) is 22.8 Å². The number of ether oxygens (including phenoxy) is 1. The van der Waals surface area contributed by atoms with Crippen LogP contribution in [-0.2, 0) is 4.84 Å². The zero-order valence-corrected chi connectivity index (χ0v) is 14.6. The Bertz CT molecular complexity index is 1080. The summed E-state index contributed by atoms with van der Waals surface area (Å²) in [6.45, 7) is 0. The third kappa shape index (κ3) is 3.58. The lowest BCUT2D eigenvalue weighted by Crippen LogP contribution is -2.13. The lowest BCUT2D eigenvalue weighted by atomic mass is 10.1. The fourth-order valence-corrected chi connectivity index (χ4v) is 2.91. The van der Waals surface area contributed by atoms with Gasteiger partial charge in [0, 0.05) is 11.6 Å². The number of hydrogen-bond donors (Lipinski definition) is 0. The van der Waals surface area contributed by atoms with Gasteiger partial charge in [0.25, 0.3) is 5.89 Å². The molecule has 0 spiro atoms. The molecular formula is C16H11FN6O3S. The average molecular weight is 386 g/mol. The zero-order chi connectivity index (χ0) is 18.6. The molecule has 0 saturated carbocycles. The van der Waals surface area contributed by atoms with Gasteiger partial charge < -0.3 is 14.0 Å². The summed E-state index contributed by atoms with van der Waals surface area (Å²) in [4.78, 5) is 8.70. The highest BCUT2D eigenvalue weighted by atomic mass is 32.1. The van der Waals surface area contributed by atoms with Crippen LogP contribution in [0.25, 0.3) is 10.2 Å². The topological polar surface area (TPSA) is 108 Å². The molecule has 27 heavy (non-hydrogen) atoms. The van der Waals surface area contributed by atoms with Crippen molar-refractivity contribution in [2.45, 2.75) is 6.10 Å². The van der Waals surface area contributed by atoms with Crippen LogP contribution < -0.4 is 4.74 Å². The molecule has 0 fully saturated rings. The normalized spacial score (nSPS) is 12.5. The van der Waals surface area contributed by atoms with Crippen LogP contribution >= 0.6 is 11.5 Å². The van der Waals surface area contributed by atoms with Gasteiger partial charge in [-0.05, 0) is 29.7 Å². The first-order valence-corrected chi connectivity index (χ1v) is 8.39. The Kier molecular flexibility index (Phi) is 4.66. The highest BCUT2D eigenvalue weighted by Gasteiger charge is 2.24. The molecule has 3 aromatic heterocycles. The second-order valence-corrected chi connectivity index (χ2v) is 6.01. The molecule has 0 radical (unpaired) electrons. The van der Waals surface area contributed by atoms with E-state index in [4.69, 9.17) is 9.15 Å². The number of pyridine rings is 1. The van der Waals surface area contributed by atoms with Gasteiger partial charge in [-0.3, -0.25) is 4.98 Å². The van der Waals surface area contributed by atoms with E-state index in [2.05, 4.69) is 34.8 Å². The molecule has 0 N–H and O–H groups in total. The molecule has 1 unspecified atom stereocenters. The molecule has 9 nitrogen and oxygen atoms in total. The Labute approximate surface area is 155 Å². The van der Waals surface area contributed by atoms with Crippen molar-refractivity contribution in [1.82, 2.24) is 24.8 Å². The maximum Gasteiger partial charge on any atom is 0.263 e. The standard InChI is InChI=1S/C16H11FN6O3S/c1-24-20-6-9-4-13(18-7-11(9)17)15(16-22-19-8-25-16)26-10-2-3-12-14(5-10)27-23-21-12/h2-8,15H,1H3/b20-6+. The van der Waals surface area contributed by atoms with Crippen LogP contribution in [0.1, 0.15) is 23.3 Å². The van der Waals surface area contributed by atoms with E-state index in [0.29, 0.717) is 11.4 Å². The van der Waals surface area contributed by atoms with Gasteiger partial charge in [-0.25, -0.2) is 4.39 Å². The van der Waals surface area contributed by atoms with Crippen molar-refractivity contribution in [2.24, 2.45) is 5.16 Å². The number of hydrogen-bond acceptors (Lipinski definition) is 10. The Morgan fingerprint density at radius 3 is 3.04 bits per heavy atom. The summed E-state index contributed by atoms with van der Waals surface area (Å²) in [5, 5.41) is 15.1. The highest BCUT2D eigenvalue weighted by molar-refractivity contribution is 7.12. The number of nitrogens with zero attached hydrogens (tertiary/aromatic N) is 6. The number of oxime groups is 1. The van der Waals surface area contributed by atoms with Crippen molar-refractivity contribution >= 4 is 28.0 Å². The minimum Gasteiger partial charge on any atom is -0.474 e. The largest absolute Gasteiger partial charge is 0.474 e. The maximum atomic E-state index is 14.0. The Morgan fingerprint density at radius 1 is 1.30 bits per heavy atom. The van der Waals surface area contributed by atoms with E-state index >= 15 is 0 Å². The fourth-order valence-electron chi connectivity index (χ4n) is 2.32. The number of fused-ring (bicyclic) bond motifs is 1. The van der Waals surface area contributed by atoms with Crippen molar-refractivity contribution in [2.75, 3.05) is 7.11 Å². The highest BCUT2D eigenvalue weighted by Crippen LogP contribution is 2.29. The monoisotopic (exact) mass is 386 g/mol. The lowest BCUT2D eigenvalue weighted by molar-refractivity contribution is 0.203. The molecule has 4 rings (SSSR count). The molecule has 0 saturated heterocycles. The average Bonchev–Trinajstić information content (AvgIpc) is 3.37. The van der Waals surface area contributed by atoms with Crippen molar-refractivity contribution in [3.05, 3.63) is 59.8 Å². The summed E-state index contributed by atoms with van der Waals surface area (Å²) in [6, 6.07) is 6.79. The minimum absolute atomic E-state index is 0.172. The molecule has 1 atom stereocenters. The smallest absolute Gasteiger partial charge is 0.263 e. The predicted octanol–water partition coefficient (Wildman–Crippen LogP) is 2.76. The van der Waals surface area contributed by atoms with Crippen molar-refractivity contribution < 1.29 is 18.4 Å². The van der Waals surface area contributed by atoms with Gasteiger partial charge in [-0.1, -0.05) is 9.64 Å². The summed E-state index contributed by atoms with van der Waals surface area (Å²) < 4.78 is 30.0. The third-order valence-electron chi connectivity index (χ3n) is 3.55. The van der Waals surface area contributed by atoms with Crippen LogP contribution in [0.3, 0.4) is 0 Å². The van der Waals surface area contributed by atoms with E-state index < -0.39 is 11.9 Å². The number of rotatable bonds is 6. The quantitative estimate of drug-likeness (QED) is 0.368.